The molecule has 69 valence electrons. The number of carbonyl (C=O) groups is 1. The van der Waals surface area contributed by atoms with Gasteiger partial charge < -0.3 is 4.74 Å². The van der Waals surface area contributed by atoms with Crippen molar-refractivity contribution in [3.05, 3.63) is 6.42 Å². The maximum Gasteiger partial charge on any atom is 0.312 e. The van der Waals surface area contributed by atoms with Gasteiger partial charge in [0.1, 0.15) is 0 Å². The second kappa shape index (κ2) is 3.92. The van der Waals surface area contributed by atoms with E-state index >= 15 is 0 Å². The van der Waals surface area contributed by atoms with Crippen molar-refractivity contribution >= 4 is 5.97 Å². The van der Waals surface area contributed by atoms with Gasteiger partial charge in [0.15, 0.2) is 0 Å². The summed E-state index contributed by atoms with van der Waals surface area (Å²) in [5.41, 5.74) is -0.240. The van der Waals surface area contributed by atoms with Gasteiger partial charge in [-0.05, 0) is 26.2 Å². The molecule has 0 atom stereocenters. The summed E-state index contributed by atoms with van der Waals surface area (Å²) < 4.78 is 5.05. The van der Waals surface area contributed by atoms with Crippen LogP contribution in [0.2, 0.25) is 0 Å². The number of hydrogen-bond acceptors (Lipinski definition) is 2. The molecule has 1 radical (unpaired) electrons. The molecular weight excluding hydrogens is 152 g/mol. The Balaban J connectivity index is 2.59. The van der Waals surface area contributed by atoms with Crippen molar-refractivity contribution < 1.29 is 9.53 Å². The molecule has 12 heavy (non-hydrogen) atoms. The van der Waals surface area contributed by atoms with Crippen LogP contribution in [0.1, 0.15) is 39.5 Å². The van der Waals surface area contributed by atoms with Crippen molar-refractivity contribution in [2.24, 2.45) is 5.41 Å². The Kier molecular flexibility index (Phi) is 3.12. The maximum absolute atomic E-state index is 11.5. The van der Waals surface area contributed by atoms with E-state index in [4.69, 9.17) is 4.74 Å². The van der Waals surface area contributed by atoms with Gasteiger partial charge in [0.05, 0.1) is 12.0 Å². The first kappa shape index (κ1) is 9.56. The molecule has 0 aromatic rings. The highest BCUT2D eigenvalue weighted by molar-refractivity contribution is 5.78. The van der Waals surface area contributed by atoms with Gasteiger partial charge in [-0.1, -0.05) is 19.8 Å². The number of rotatable bonds is 3. The highest BCUT2D eigenvalue weighted by atomic mass is 16.5. The lowest BCUT2D eigenvalue weighted by Gasteiger charge is -2.23. The van der Waals surface area contributed by atoms with Crippen molar-refractivity contribution in [3.63, 3.8) is 0 Å². The van der Waals surface area contributed by atoms with E-state index in [-0.39, 0.29) is 11.4 Å². The summed E-state index contributed by atoms with van der Waals surface area (Å²) in [5.74, 6) is -0.0231. The predicted octanol–water partition coefficient (Wildman–Crippen LogP) is 2.33. The fraction of sp³-hybridized carbons (Fsp3) is 0.800. The Morgan fingerprint density at radius 2 is 2.08 bits per heavy atom. The third-order valence-electron chi connectivity index (χ3n) is 2.73. The van der Waals surface area contributed by atoms with E-state index in [1.165, 1.54) is 0 Å². The molecule has 2 nitrogen and oxygen atoms in total. The molecule has 0 aromatic carbocycles. The smallest absolute Gasteiger partial charge is 0.312 e. The number of carbonyl (C=O) groups excluding carboxylic acids is 1. The van der Waals surface area contributed by atoms with Gasteiger partial charge in [-0.2, -0.15) is 0 Å². The summed E-state index contributed by atoms with van der Waals surface area (Å²) in [4.78, 5) is 11.5. The highest BCUT2D eigenvalue weighted by Gasteiger charge is 2.40. The van der Waals surface area contributed by atoms with Gasteiger partial charge in [-0.25, -0.2) is 0 Å². The average molecular weight is 169 g/mol. The summed E-state index contributed by atoms with van der Waals surface area (Å²) in [6.45, 7) is 4.31. The van der Waals surface area contributed by atoms with Crippen LogP contribution in [0.25, 0.3) is 0 Å². The van der Waals surface area contributed by atoms with Crippen molar-refractivity contribution in [3.8, 4) is 0 Å². The number of esters is 1. The zero-order chi connectivity index (χ0) is 9.03. The van der Waals surface area contributed by atoms with E-state index in [0.717, 1.165) is 25.7 Å². The fourth-order valence-corrected chi connectivity index (χ4v) is 1.89. The van der Waals surface area contributed by atoms with Crippen LogP contribution in [0.15, 0.2) is 0 Å². The Morgan fingerprint density at radius 1 is 1.50 bits per heavy atom. The third kappa shape index (κ3) is 1.62. The van der Waals surface area contributed by atoms with Crippen LogP contribution in [0.5, 0.6) is 0 Å². The van der Waals surface area contributed by atoms with Gasteiger partial charge in [0, 0.05) is 0 Å². The van der Waals surface area contributed by atoms with Gasteiger partial charge in [0.2, 0.25) is 0 Å². The molecule has 0 bridgehead atoms. The first-order chi connectivity index (χ1) is 5.75. The largest absolute Gasteiger partial charge is 0.466 e. The van der Waals surface area contributed by atoms with Gasteiger partial charge in [-0.3, -0.25) is 4.79 Å². The van der Waals surface area contributed by atoms with Gasteiger partial charge in [0.25, 0.3) is 0 Å². The van der Waals surface area contributed by atoms with Crippen LogP contribution >= 0.6 is 0 Å². The lowest BCUT2D eigenvalue weighted by molar-refractivity contribution is -0.153. The van der Waals surface area contributed by atoms with E-state index in [9.17, 15) is 4.79 Å². The fourth-order valence-electron chi connectivity index (χ4n) is 1.89. The van der Waals surface area contributed by atoms with E-state index in [1.54, 1.807) is 0 Å². The molecule has 0 N–H and O–H groups in total. The minimum absolute atomic E-state index is 0.0231. The lowest BCUT2D eigenvalue weighted by Crippen LogP contribution is -2.29. The second-order valence-corrected chi connectivity index (χ2v) is 3.37. The number of hydrogen-bond donors (Lipinski definition) is 0. The average Bonchev–Trinajstić information content (AvgIpc) is 2.54. The molecule has 1 aliphatic carbocycles. The second-order valence-electron chi connectivity index (χ2n) is 3.37. The summed E-state index contributed by atoms with van der Waals surface area (Å²) >= 11 is 0. The predicted molar refractivity (Wildman–Crippen MR) is 47.5 cm³/mol. The molecule has 1 rings (SSSR count). The molecule has 2 heteroatoms. The molecule has 0 saturated heterocycles. The summed E-state index contributed by atoms with van der Waals surface area (Å²) in [7, 11) is 0. The molecule has 0 amide bonds. The third-order valence-corrected chi connectivity index (χ3v) is 2.73. The zero-order valence-electron chi connectivity index (χ0n) is 7.93. The van der Waals surface area contributed by atoms with Crippen LogP contribution in [0.3, 0.4) is 0 Å². The minimum Gasteiger partial charge on any atom is -0.466 e. The molecule has 0 aromatic heterocycles. The highest BCUT2D eigenvalue weighted by Crippen LogP contribution is 2.41. The molecule has 1 fully saturated rings. The van der Waals surface area contributed by atoms with Crippen LogP contribution in [0, 0.1) is 11.8 Å². The molecule has 0 unspecified atom stereocenters. The van der Waals surface area contributed by atoms with Crippen LogP contribution < -0.4 is 0 Å². The van der Waals surface area contributed by atoms with Gasteiger partial charge in [-0.15, -0.1) is 0 Å². The zero-order valence-corrected chi connectivity index (χ0v) is 7.93. The first-order valence-corrected chi connectivity index (χ1v) is 4.73. The van der Waals surface area contributed by atoms with Crippen LogP contribution in [-0.4, -0.2) is 12.6 Å². The SMILES string of the molecule is C[CH]C1(C(=O)OCC)CCCC1. The maximum atomic E-state index is 11.5. The Hall–Kier alpha value is -0.530. The van der Waals surface area contributed by atoms with Crippen molar-refractivity contribution in [2.45, 2.75) is 39.5 Å². The van der Waals surface area contributed by atoms with Crippen molar-refractivity contribution in [1.29, 1.82) is 0 Å². The molecular formula is C10H17O2. The van der Waals surface area contributed by atoms with E-state index in [0.29, 0.717) is 6.61 Å². The first-order valence-electron chi connectivity index (χ1n) is 4.73. The molecule has 0 heterocycles. The van der Waals surface area contributed by atoms with Crippen LogP contribution in [-0.2, 0) is 9.53 Å². The molecule has 0 spiro atoms. The van der Waals surface area contributed by atoms with E-state index < -0.39 is 0 Å². The van der Waals surface area contributed by atoms with E-state index in [1.807, 2.05) is 20.3 Å². The molecule has 1 aliphatic rings. The summed E-state index contributed by atoms with van der Waals surface area (Å²) in [6, 6.07) is 0. The van der Waals surface area contributed by atoms with Crippen molar-refractivity contribution in [1.82, 2.24) is 0 Å². The summed E-state index contributed by atoms with van der Waals surface area (Å²) in [6.07, 6.45) is 6.27. The Morgan fingerprint density at radius 3 is 2.50 bits per heavy atom. The standard InChI is InChI=1S/C10H17O2/c1-3-10(7-5-6-8-10)9(11)12-4-2/h3H,4-8H2,1-2H3. The van der Waals surface area contributed by atoms with E-state index in [2.05, 4.69) is 0 Å². The Bertz CT molecular complexity index is 157. The number of ether oxygens (including phenoxy) is 1. The Labute approximate surface area is 74.3 Å². The quantitative estimate of drug-likeness (QED) is 0.606. The van der Waals surface area contributed by atoms with Gasteiger partial charge >= 0.3 is 5.97 Å². The van der Waals surface area contributed by atoms with Crippen molar-refractivity contribution in [2.75, 3.05) is 6.61 Å². The normalized spacial score (nSPS) is 20.8. The van der Waals surface area contributed by atoms with Crippen LogP contribution in [0.4, 0.5) is 0 Å². The molecule has 0 aliphatic heterocycles. The summed E-state index contributed by atoms with van der Waals surface area (Å²) in [5, 5.41) is 0. The lowest BCUT2D eigenvalue weighted by atomic mass is 9.83. The minimum atomic E-state index is -0.240. The topological polar surface area (TPSA) is 26.3 Å². The molecule has 1 saturated carbocycles. The monoisotopic (exact) mass is 169 g/mol.